The Balaban J connectivity index is 1.24. The summed E-state index contributed by atoms with van der Waals surface area (Å²) in [5, 5.41) is 5.03. The van der Waals surface area contributed by atoms with Gasteiger partial charge in [-0.2, -0.15) is 0 Å². The molecule has 0 saturated heterocycles. The van der Waals surface area contributed by atoms with E-state index < -0.39 is 5.41 Å². The first-order valence-corrected chi connectivity index (χ1v) is 16.9. The standard InChI is InChI=1S/C47H29NO/c1-2-14-32(15-3-1)48-41-23-10-6-18-36(41)46-42(48)27-25-30-13-12-19-33(45(30)46)31-26-28-44-40(29-31)47(39-22-9-11-24-43(39)49-44)37-20-7-4-16-34(37)35-17-5-8-21-38(35)47/h1-29H. The Kier molecular flexibility index (Phi) is 5.34. The molecule has 2 heterocycles. The summed E-state index contributed by atoms with van der Waals surface area (Å²) in [6, 6.07) is 64.1. The molecule has 1 aliphatic heterocycles. The predicted octanol–water partition coefficient (Wildman–Crippen LogP) is 12.1. The van der Waals surface area contributed by atoms with Gasteiger partial charge < -0.3 is 9.30 Å². The Morgan fingerprint density at radius 3 is 1.88 bits per heavy atom. The molecule has 11 rings (SSSR count). The van der Waals surface area contributed by atoms with Gasteiger partial charge in [0.05, 0.1) is 16.4 Å². The van der Waals surface area contributed by atoms with Crippen molar-refractivity contribution in [2.75, 3.05) is 0 Å². The van der Waals surface area contributed by atoms with Crippen LogP contribution in [0.25, 0.3) is 60.5 Å². The molecule has 0 atom stereocenters. The molecule has 49 heavy (non-hydrogen) atoms. The van der Waals surface area contributed by atoms with Gasteiger partial charge in [0.2, 0.25) is 0 Å². The fourth-order valence-corrected chi connectivity index (χ4v) is 8.96. The van der Waals surface area contributed by atoms with Crippen LogP contribution in [-0.4, -0.2) is 4.57 Å². The summed E-state index contributed by atoms with van der Waals surface area (Å²) in [6.07, 6.45) is 0. The second-order valence-corrected chi connectivity index (χ2v) is 13.2. The van der Waals surface area contributed by atoms with Crippen LogP contribution in [0.1, 0.15) is 22.3 Å². The second-order valence-electron chi connectivity index (χ2n) is 13.2. The van der Waals surface area contributed by atoms with Crippen molar-refractivity contribution in [2.45, 2.75) is 5.41 Å². The fourth-order valence-electron chi connectivity index (χ4n) is 8.96. The third-order valence-electron chi connectivity index (χ3n) is 10.9. The van der Waals surface area contributed by atoms with Crippen molar-refractivity contribution in [1.29, 1.82) is 0 Å². The minimum Gasteiger partial charge on any atom is -0.457 e. The topological polar surface area (TPSA) is 14.2 Å². The molecule has 8 aromatic carbocycles. The minimum atomic E-state index is -0.503. The van der Waals surface area contributed by atoms with Crippen molar-refractivity contribution in [3.05, 3.63) is 198 Å². The van der Waals surface area contributed by atoms with Crippen molar-refractivity contribution in [1.82, 2.24) is 4.57 Å². The zero-order chi connectivity index (χ0) is 32.1. The van der Waals surface area contributed by atoms with Crippen molar-refractivity contribution in [3.63, 3.8) is 0 Å². The van der Waals surface area contributed by atoms with Gasteiger partial charge in [-0.1, -0.05) is 133 Å². The summed E-state index contributed by atoms with van der Waals surface area (Å²) in [6.45, 7) is 0. The van der Waals surface area contributed by atoms with E-state index in [0.29, 0.717) is 0 Å². The van der Waals surface area contributed by atoms with Gasteiger partial charge in [-0.3, -0.25) is 0 Å². The lowest BCUT2D eigenvalue weighted by Crippen LogP contribution is -2.32. The molecule has 0 N–H and O–H groups in total. The lowest BCUT2D eigenvalue weighted by molar-refractivity contribution is 0.436. The molecule has 1 aliphatic carbocycles. The van der Waals surface area contributed by atoms with Gasteiger partial charge in [0.15, 0.2) is 0 Å². The molecule has 0 amide bonds. The number of hydrogen-bond acceptors (Lipinski definition) is 1. The van der Waals surface area contributed by atoms with E-state index in [4.69, 9.17) is 4.74 Å². The van der Waals surface area contributed by atoms with Crippen LogP contribution in [-0.2, 0) is 5.41 Å². The number of rotatable bonds is 2. The Morgan fingerprint density at radius 2 is 1.06 bits per heavy atom. The molecule has 1 spiro atoms. The Morgan fingerprint density at radius 1 is 0.408 bits per heavy atom. The molecule has 2 heteroatoms. The number of fused-ring (bicyclic) bond motifs is 14. The average molecular weight is 624 g/mol. The zero-order valence-corrected chi connectivity index (χ0v) is 26.6. The molecular formula is C47H29NO. The Labute approximate surface area is 284 Å². The molecular weight excluding hydrogens is 595 g/mol. The third-order valence-corrected chi connectivity index (χ3v) is 10.9. The summed E-state index contributed by atoms with van der Waals surface area (Å²) in [5.41, 5.74) is 13.0. The van der Waals surface area contributed by atoms with Crippen molar-refractivity contribution < 1.29 is 4.74 Å². The maximum atomic E-state index is 6.75. The monoisotopic (exact) mass is 623 g/mol. The smallest absolute Gasteiger partial charge is 0.132 e. The highest BCUT2D eigenvalue weighted by atomic mass is 16.5. The quantitative estimate of drug-likeness (QED) is 0.187. The number of nitrogens with zero attached hydrogens (tertiary/aromatic N) is 1. The van der Waals surface area contributed by atoms with Gasteiger partial charge >= 0.3 is 0 Å². The van der Waals surface area contributed by atoms with E-state index in [1.807, 2.05) is 0 Å². The lowest BCUT2D eigenvalue weighted by Gasteiger charge is -2.39. The van der Waals surface area contributed by atoms with E-state index in [9.17, 15) is 0 Å². The number of ether oxygens (including phenoxy) is 1. The predicted molar refractivity (Wildman–Crippen MR) is 201 cm³/mol. The number of para-hydroxylation sites is 3. The maximum Gasteiger partial charge on any atom is 0.132 e. The van der Waals surface area contributed by atoms with Gasteiger partial charge in [-0.25, -0.2) is 0 Å². The lowest BCUT2D eigenvalue weighted by atomic mass is 9.65. The third kappa shape index (κ3) is 3.45. The molecule has 0 saturated carbocycles. The first kappa shape index (κ1) is 26.7. The van der Waals surface area contributed by atoms with Crippen LogP contribution in [0.4, 0.5) is 0 Å². The second kappa shape index (κ2) is 9.82. The van der Waals surface area contributed by atoms with E-state index in [-0.39, 0.29) is 0 Å². The average Bonchev–Trinajstić information content (AvgIpc) is 3.66. The molecule has 9 aromatic rings. The normalized spacial score (nSPS) is 13.6. The van der Waals surface area contributed by atoms with E-state index >= 15 is 0 Å². The van der Waals surface area contributed by atoms with Crippen molar-refractivity contribution >= 4 is 32.6 Å². The van der Waals surface area contributed by atoms with Gasteiger partial charge in [0, 0.05) is 27.6 Å². The first-order chi connectivity index (χ1) is 24.3. The molecule has 1 aromatic heterocycles. The minimum absolute atomic E-state index is 0.503. The van der Waals surface area contributed by atoms with Crippen LogP contribution in [0, 0.1) is 0 Å². The number of aromatic nitrogens is 1. The van der Waals surface area contributed by atoms with Crippen LogP contribution >= 0.6 is 0 Å². The van der Waals surface area contributed by atoms with Crippen LogP contribution in [0.2, 0.25) is 0 Å². The van der Waals surface area contributed by atoms with E-state index in [2.05, 4.69) is 180 Å². The van der Waals surface area contributed by atoms with Crippen LogP contribution in [0.5, 0.6) is 11.5 Å². The van der Waals surface area contributed by atoms with E-state index in [0.717, 1.165) is 17.2 Å². The molecule has 228 valence electrons. The first-order valence-electron chi connectivity index (χ1n) is 16.9. The summed E-state index contributed by atoms with van der Waals surface area (Å²) in [4.78, 5) is 0. The summed E-state index contributed by atoms with van der Waals surface area (Å²) < 4.78 is 9.15. The summed E-state index contributed by atoms with van der Waals surface area (Å²) >= 11 is 0. The maximum absolute atomic E-state index is 6.75. The Hall–Kier alpha value is -6.38. The number of benzene rings is 8. The van der Waals surface area contributed by atoms with Crippen molar-refractivity contribution in [3.8, 4) is 39.4 Å². The van der Waals surface area contributed by atoms with Gasteiger partial charge in [0.25, 0.3) is 0 Å². The molecule has 0 unspecified atom stereocenters. The molecule has 2 nitrogen and oxygen atoms in total. The SMILES string of the molecule is c1ccc(-n2c3ccccc3c3c4c(-c5ccc6c(c5)C5(c7ccccc7O6)c6ccccc6-c6ccccc65)cccc4ccc32)cc1. The van der Waals surface area contributed by atoms with Crippen LogP contribution in [0.3, 0.4) is 0 Å². The fraction of sp³-hybridized carbons (Fsp3) is 0.0213. The highest BCUT2D eigenvalue weighted by Crippen LogP contribution is 2.62. The molecule has 0 bridgehead atoms. The van der Waals surface area contributed by atoms with Crippen LogP contribution in [0.15, 0.2) is 176 Å². The van der Waals surface area contributed by atoms with Gasteiger partial charge in [-0.05, 0) is 86.6 Å². The summed E-state index contributed by atoms with van der Waals surface area (Å²) in [5.74, 6) is 1.81. The van der Waals surface area contributed by atoms with Crippen LogP contribution < -0.4 is 4.74 Å². The van der Waals surface area contributed by atoms with Crippen molar-refractivity contribution in [2.24, 2.45) is 0 Å². The zero-order valence-electron chi connectivity index (χ0n) is 26.6. The highest BCUT2D eigenvalue weighted by molar-refractivity contribution is 6.25. The van der Waals surface area contributed by atoms with Gasteiger partial charge in [0.1, 0.15) is 11.5 Å². The largest absolute Gasteiger partial charge is 0.457 e. The molecule has 0 fully saturated rings. The Bertz CT molecular complexity index is 2760. The number of hydrogen-bond donors (Lipinski definition) is 0. The summed E-state index contributed by atoms with van der Waals surface area (Å²) in [7, 11) is 0. The molecule has 0 radical (unpaired) electrons. The van der Waals surface area contributed by atoms with Gasteiger partial charge in [-0.15, -0.1) is 0 Å². The molecule has 2 aliphatic rings. The van der Waals surface area contributed by atoms with E-state index in [1.54, 1.807) is 0 Å². The highest BCUT2D eigenvalue weighted by Gasteiger charge is 2.51. The van der Waals surface area contributed by atoms with E-state index in [1.165, 1.54) is 77.1 Å².